The van der Waals surface area contributed by atoms with Crippen LogP contribution in [-0.2, 0) is 6.42 Å². The van der Waals surface area contributed by atoms with Gasteiger partial charge < -0.3 is 4.74 Å². The quantitative estimate of drug-likeness (QED) is 0.677. The number of thiazole rings is 1. The second-order valence-electron chi connectivity index (χ2n) is 4.83. The summed E-state index contributed by atoms with van der Waals surface area (Å²) in [5.74, 6) is 1.25. The van der Waals surface area contributed by atoms with E-state index in [1.165, 1.54) is 4.88 Å². The molecule has 0 aliphatic carbocycles. The molecule has 5 heteroatoms. The molecule has 0 bridgehead atoms. The molecule has 0 atom stereocenters. The van der Waals surface area contributed by atoms with Gasteiger partial charge in [0, 0.05) is 10.4 Å². The predicted octanol–water partition coefficient (Wildman–Crippen LogP) is 5.64. The third-order valence-electron chi connectivity index (χ3n) is 2.73. The minimum absolute atomic E-state index is 0.361. The van der Waals surface area contributed by atoms with Crippen LogP contribution in [0.25, 0.3) is 11.3 Å². The number of hydrogen-bond donors (Lipinski definition) is 0. The van der Waals surface area contributed by atoms with Crippen LogP contribution < -0.4 is 4.74 Å². The SMILES string of the molecule is [CH2]COc1ccc(-c2nc(Br)sc2CC(C)C)cc1Cl. The fraction of sp³-hybridized carbons (Fsp3) is 0.333. The van der Waals surface area contributed by atoms with Gasteiger partial charge in [0.25, 0.3) is 0 Å². The lowest BCUT2D eigenvalue weighted by atomic mass is 10.0. The van der Waals surface area contributed by atoms with Crippen LogP contribution in [0.3, 0.4) is 0 Å². The zero-order valence-corrected chi connectivity index (χ0v) is 14.6. The van der Waals surface area contributed by atoms with E-state index < -0.39 is 0 Å². The number of nitrogens with zero attached hydrogens (tertiary/aromatic N) is 1. The van der Waals surface area contributed by atoms with E-state index in [-0.39, 0.29) is 0 Å². The Labute approximate surface area is 137 Å². The molecule has 1 aromatic heterocycles. The zero-order chi connectivity index (χ0) is 14.7. The number of halogens is 2. The molecule has 0 amide bonds. The van der Waals surface area contributed by atoms with Gasteiger partial charge in [0.2, 0.25) is 0 Å². The van der Waals surface area contributed by atoms with Crippen LogP contribution in [0.15, 0.2) is 22.1 Å². The lowest BCUT2D eigenvalue weighted by molar-refractivity contribution is 0.361. The van der Waals surface area contributed by atoms with Crippen molar-refractivity contribution in [2.75, 3.05) is 6.61 Å². The Morgan fingerprint density at radius 1 is 1.45 bits per heavy atom. The molecule has 0 saturated heterocycles. The van der Waals surface area contributed by atoms with Gasteiger partial charge in [-0.3, -0.25) is 0 Å². The van der Waals surface area contributed by atoms with Crippen LogP contribution in [0.1, 0.15) is 18.7 Å². The third-order valence-corrected chi connectivity index (χ3v) is 4.55. The minimum Gasteiger partial charge on any atom is -0.492 e. The van der Waals surface area contributed by atoms with Gasteiger partial charge in [-0.25, -0.2) is 4.98 Å². The summed E-state index contributed by atoms with van der Waals surface area (Å²) in [6.45, 7) is 8.42. The third kappa shape index (κ3) is 3.74. The highest BCUT2D eigenvalue weighted by molar-refractivity contribution is 9.11. The highest BCUT2D eigenvalue weighted by atomic mass is 79.9. The van der Waals surface area contributed by atoms with E-state index in [1.807, 2.05) is 18.2 Å². The van der Waals surface area contributed by atoms with Crippen molar-refractivity contribution in [1.82, 2.24) is 4.98 Å². The van der Waals surface area contributed by atoms with Crippen molar-refractivity contribution in [1.29, 1.82) is 0 Å². The minimum atomic E-state index is 0.361. The highest BCUT2D eigenvalue weighted by Gasteiger charge is 2.14. The Balaban J connectivity index is 2.38. The number of hydrogen-bond acceptors (Lipinski definition) is 3. The van der Waals surface area contributed by atoms with Crippen LogP contribution in [0, 0.1) is 12.8 Å². The van der Waals surface area contributed by atoms with Gasteiger partial charge in [0.15, 0.2) is 3.92 Å². The molecule has 20 heavy (non-hydrogen) atoms. The van der Waals surface area contributed by atoms with E-state index >= 15 is 0 Å². The van der Waals surface area contributed by atoms with E-state index in [4.69, 9.17) is 16.3 Å². The summed E-state index contributed by atoms with van der Waals surface area (Å²) in [6, 6.07) is 5.76. The predicted molar refractivity (Wildman–Crippen MR) is 89.7 cm³/mol. The molecule has 0 N–H and O–H groups in total. The van der Waals surface area contributed by atoms with Gasteiger partial charge >= 0.3 is 0 Å². The second-order valence-corrected chi connectivity index (χ2v) is 7.60. The standard InChI is InChI=1S/C15H16BrClNOS/c1-4-19-12-6-5-10(8-11(12)17)14-13(7-9(2)3)20-15(16)18-14/h5-6,8-9H,1,4,7H2,2-3H3. The molecule has 0 spiro atoms. The van der Waals surface area contributed by atoms with Crippen molar-refractivity contribution in [2.45, 2.75) is 20.3 Å². The van der Waals surface area contributed by atoms with Gasteiger partial charge in [-0.15, -0.1) is 11.3 Å². The normalized spacial score (nSPS) is 11.1. The summed E-state index contributed by atoms with van der Waals surface area (Å²) in [5.41, 5.74) is 2.02. The Hall–Kier alpha value is -0.580. The number of ether oxygens (including phenoxy) is 1. The average molecular weight is 374 g/mol. The first kappa shape index (κ1) is 15.8. The maximum absolute atomic E-state index is 6.23. The topological polar surface area (TPSA) is 22.1 Å². The average Bonchev–Trinajstić information content (AvgIpc) is 2.72. The summed E-state index contributed by atoms with van der Waals surface area (Å²) in [4.78, 5) is 5.85. The van der Waals surface area contributed by atoms with Crippen molar-refractivity contribution in [2.24, 2.45) is 5.92 Å². The second kappa shape index (κ2) is 6.92. The van der Waals surface area contributed by atoms with Crippen molar-refractivity contribution in [3.63, 3.8) is 0 Å². The number of rotatable bonds is 5. The Morgan fingerprint density at radius 3 is 2.80 bits per heavy atom. The Morgan fingerprint density at radius 2 is 2.20 bits per heavy atom. The van der Waals surface area contributed by atoms with Crippen molar-refractivity contribution < 1.29 is 4.74 Å². The first-order valence-electron chi connectivity index (χ1n) is 6.38. The molecule has 107 valence electrons. The lowest BCUT2D eigenvalue weighted by Gasteiger charge is -2.08. The smallest absolute Gasteiger partial charge is 0.160 e. The first-order chi connectivity index (χ1) is 9.51. The first-order valence-corrected chi connectivity index (χ1v) is 8.37. The maximum Gasteiger partial charge on any atom is 0.160 e. The van der Waals surface area contributed by atoms with E-state index in [1.54, 1.807) is 11.3 Å². The van der Waals surface area contributed by atoms with Crippen LogP contribution in [0.4, 0.5) is 0 Å². The molecule has 0 aliphatic rings. The molecule has 0 fully saturated rings. The highest BCUT2D eigenvalue weighted by Crippen LogP contribution is 2.36. The lowest BCUT2D eigenvalue weighted by Crippen LogP contribution is -1.95. The van der Waals surface area contributed by atoms with E-state index in [2.05, 4.69) is 41.7 Å². The fourth-order valence-electron chi connectivity index (χ4n) is 1.93. The van der Waals surface area contributed by atoms with Crippen molar-refractivity contribution >= 4 is 38.9 Å². The van der Waals surface area contributed by atoms with Gasteiger partial charge in [-0.1, -0.05) is 25.4 Å². The fourth-order valence-corrected chi connectivity index (χ4v) is 3.95. The Kier molecular flexibility index (Phi) is 5.47. The van der Waals surface area contributed by atoms with Crippen molar-refractivity contribution in [3.05, 3.63) is 38.9 Å². The molecule has 1 radical (unpaired) electrons. The number of aromatic nitrogens is 1. The molecule has 2 aromatic rings. The summed E-state index contributed by atoms with van der Waals surface area (Å²) in [6.07, 6.45) is 1.01. The van der Waals surface area contributed by atoms with Crippen molar-refractivity contribution in [3.8, 4) is 17.0 Å². The molecule has 2 nitrogen and oxygen atoms in total. The molecule has 0 saturated carbocycles. The van der Waals surface area contributed by atoms with E-state index in [9.17, 15) is 0 Å². The summed E-state index contributed by atoms with van der Waals surface area (Å²) in [7, 11) is 0. The maximum atomic E-state index is 6.23. The molecular weight excluding hydrogens is 358 g/mol. The van der Waals surface area contributed by atoms with Crippen LogP contribution in [0.2, 0.25) is 5.02 Å². The largest absolute Gasteiger partial charge is 0.492 e. The van der Waals surface area contributed by atoms with Crippen LogP contribution in [0.5, 0.6) is 5.75 Å². The van der Waals surface area contributed by atoms with Crippen LogP contribution >= 0.6 is 38.9 Å². The van der Waals surface area contributed by atoms with Crippen LogP contribution in [-0.4, -0.2) is 11.6 Å². The molecule has 2 rings (SSSR count). The molecular formula is C15H16BrClNOS. The summed E-state index contributed by atoms with van der Waals surface area (Å²) < 4.78 is 6.26. The number of benzene rings is 1. The molecule has 0 unspecified atom stereocenters. The van der Waals surface area contributed by atoms with Gasteiger partial charge in [0.05, 0.1) is 17.3 Å². The summed E-state index contributed by atoms with van der Waals surface area (Å²) in [5, 5.41) is 0.589. The molecule has 0 aliphatic heterocycles. The van der Waals surface area contributed by atoms with Gasteiger partial charge in [0.1, 0.15) is 5.75 Å². The van der Waals surface area contributed by atoms with Gasteiger partial charge in [-0.05, 0) is 53.4 Å². The molecule has 1 heterocycles. The van der Waals surface area contributed by atoms with E-state index in [0.717, 1.165) is 21.6 Å². The zero-order valence-electron chi connectivity index (χ0n) is 11.5. The van der Waals surface area contributed by atoms with Gasteiger partial charge in [-0.2, -0.15) is 0 Å². The van der Waals surface area contributed by atoms with E-state index in [0.29, 0.717) is 23.3 Å². The summed E-state index contributed by atoms with van der Waals surface area (Å²) >= 11 is 11.4. The monoisotopic (exact) mass is 372 g/mol. The molecule has 1 aromatic carbocycles. The Bertz CT molecular complexity index is 598.